The summed E-state index contributed by atoms with van der Waals surface area (Å²) in [6, 6.07) is 16.3. The van der Waals surface area contributed by atoms with Gasteiger partial charge in [0.05, 0.1) is 17.6 Å². The highest BCUT2D eigenvalue weighted by Gasteiger charge is 2.32. The maximum atomic E-state index is 12.6. The van der Waals surface area contributed by atoms with Crippen molar-refractivity contribution in [2.24, 2.45) is 0 Å². The number of hydrogen-bond acceptors (Lipinski definition) is 4. The zero-order valence-electron chi connectivity index (χ0n) is 15.7. The lowest BCUT2D eigenvalue weighted by Crippen LogP contribution is -2.26. The molecule has 0 bridgehead atoms. The number of alkyl halides is 3. The summed E-state index contributed by atoms with van der Waals surface area (Å²) >= 11 is 0. The third-order valence-electron chi connectivity index (χ3n) is 5.09. The quantitative estimate of drug-likeness (QED) is 0.620. The van der Waals surface area contributed by atoms with Crippen molar-refractivity contribution in [3.05, 3.63) is 72.1 Å². The molecule has 1 saturated heterocycles. The Morgan fingerprint density at radius 3 is 2.34 bits per heavy atom. The predicted octanol–water partition coefficient (Wildman–Crippen LogP) is 5.37. The molecule has 4 rings (SSSR count). The molecule has 0 atom stereocenters. The Kier molecular flexibility index (Phi) is 5.49. The third-order valence-corrected chi connectivity index (χ3v) is 5.09. The second kappa shape index (κ2) is 8.21. The van der Waals surface area contributed by atoms with Gasteiger partial charge in [0.2, 0.25) is 0 Å². The average molecular weight is 398 g/mol. The topological polar surface area (TPSA) is 49.8 Å². The summed E-state index contributed by atoms with van der Waals surface area (Å²) < 4.78 is 37.9. The molecule has 7 heteroatoms. The molecule has 0 radical (unpaired) electrons. The van der Waals surface area contributed by atoms with Crippen molar-refractivity contribution >= 4 is 11.5 Å². The first-order chi connectivity index (χ1) is 14.0. The molecule has 4 nitrogen and oxygen atoms in total. The Labute approximate surface area is 167 Å². The number of pyridine rings is 2. The lowest BCUT2D eigenvalue weighted by atomic mass is 9.89. The predicted molar refractivity (Wildman–Crippen MR) is 107 cm³/mol. The van der Waals surface area contributed by atoms with Gasteiger partial charge in [0.25, 0.3) is 0 Å². The summed E-state index contributed by atoms with van der Waals surface area (Å²) in [6.45, 7) is 2.11. The first-order valence-electron chi connectivity index (χ1n) is 9.57. The van der Waals surface area contributed by atoms with Gasteiger partial charge in [0.15, 0.2) is 0 Å². The van der Waals surface area contributed by atoms with E-state index in [0.29, 0.717) is 17.4 Å². The molecule has 2 N–H and O–H groups in total. The number of benzene rings is 1. The SMILES string of the molecule is FC(F)(F)c1ccc(Nc2cccc(-c3ccc(C4CCNCC4)cc3)n2)cn1. The van der Waals surface area contributed by atoms with Crippen LogP contribution in [0.4, 0.5) is 24.7 Å². The van der Waals surface area contributed by atoms with E-state index in [9.17, 15) is 13.2 Å². The van der Waals surface area contributed by atoms with Crippen LogP contribution in [0.1, 0.15) is 30.0 Å². The Bertz CT molecular complexity index is 947. The minimum atomic E-state index is -4.45. The van der Waals surface area contributed by atoms with Gasteiger partial charge in [-0.15, -0.1) is 0 Å². The highest BCUT2D eigenvalue weighted by Crippen LogP contribution is 2.29. The van der Waals surface area contributed by atoms with Crippen molar-refractivity contribution in [3.8, 4) is 11.3 Å². The van der Waals surface area contributed by atoms with Crippen LogP contribution >= 0.6 is 0 Å². The molecule has 1 fully saturated rings. The van der Waals surface area contributed by atoms with Gasteiger partial charge in [-0.3, -0.25) is 0 Å². The van der Waals surface area contributed by atoms with Crippen LogP contribution in [0.5, 0.6) is 0 Å². The number of rotatable bonds is 4. The van der Waals surface area contributed by atoms with E-state index in [1.807, 2.05) is 12.1 Å². The normalized spacial score (nSPS) is 15.3. The van der Waals surface area contributed by atoms with Gasteiger partial charge in [-0.25, -0.2) is 9.97 Å². The minimum Gasteiger partial charge on any atom is -0.339 e. The number of aromatic nitrogens is 2. The molecule has 0 saturated carbocycles. The van der Waals surface area contributed by atoms with Crippen LogP contribution in [-0.4, -0.2) is 23.1 Å². The molecule has 150 valence electrons. The third kappa shape index (κ3) is 4.74. The van der Waals surface area contributed by atoms with Crippen LogP contribution in [0.2, 0.25) is 0 Å². The van der Waals surface area contributed by atoms with Gasteiger partial charge < -0.3 is 10.6 Å². The summed E-state index contributed by atoms with van der Waals surface area (Å²) in [5, 5.41) is 6.39. The van der Waals surface area contributed by atoms with Crippen LogP contribution in [0.25, 0.3) is 11.3 Å². The molecule has 3 aromatic rings. The van der Waals surface area contributed by atoms with Crippen LogP contribution < -0.4 is 10.6 Å². The Morgan fingerprint density at radius 1 is 0.931 bits per heavy atom. The van der Waals surface area contributed by atoms with Crippen molar-refractivity contribution in [1.82, 2.24) is 15.3 Å². The molecule has 1 aromatic carbocycles. The van der Waals surface area contributed by atoms with Gasteiger partial charge >= 0.3 is 6.18 Å². The van der Waals surface area contributed by atoms with Crippen molar-refractivity contribution in [2.45, 2.75) is 24.9 Å². The number of piperidine rings is 1. The monoisotopic (exact) mass is 398 g/mol. The van der Waals surface area contributed by atoms with E-state index in [1.54, 1.807) is 6.07 Å². The Morgan fingerprint density at radius 2 is 1.69 bits per heavy atom. The molecule has 2 aromatic heterocycles. The second-order valence-corrected chi connectivity index (χ2v) is 7.11. The van der Waals surface area contributed by atoms with Gasteiger partial charge in [0.1, 0.15) is 11.5 Å². The molecular weight excluding hydrogens is 377 g/mol. The zero-order chi connectivity index (χ0) is 20.3. The zero-order valence-corrected chi connectivity index (χ0v) is 15.7. The highest BCUT2D eigenvalue weighted by molar-refractivity contribution is 5.64. The fourth-order valence-electron chi connectivity index (χ4n) is 3.53. The first kappa shape index (κ1) is 19.4. The first-order valence-corrected chi connectivity index (χ1v) is 9.57. The molecule has 0 spiro atoms. The highest BCUT2D eigenvalue weighted by atomic mass is 19.4. The molecule has 3 heterocycles. The van der Waals surface area contributed by atoms with Gasteiger partial charge in [0, 0.05) is 5.56 Å². The van der Waals surface area contributed by atoms with E-state index in [2.05, 4.69) is 44.9 Å². The minimum absolute atomic E-state index is 0.448. The Balaban J connectivity index is 1.48. The summed E-state index contributed by atoms with van der Waals surface area (Å²) in [7, 11) is 0. The largest absolute Gasteiger partial charge is 0.433 e. The average Bonchev–Trinajstić information content (AvgIpc) is 2.74. The molecule has 0 unspecified atom stereocenters. The summed E-state index contributed by atoms with van der Waals surface area (Å²) in [5.41, 5.74) is 2.67. The van der Waals surface area contributed by atoms with E-state index in [1.165, 1.54) is 11.6 Å². The number of hydrogen-bond donors (Lipinski definition) is 2. The van der Waals surface area contributed by atoms with Crippen LogP contribution in [0.15, 0.2) is 60.8 Å². The molecule has 1 aliphatic rings. The number of nitrogens with zero attached hydrogens (tertiary/aromatic N) is 2. The summed E-state index contributed by atoms with van der Waals surface area (Å²) in [4.78, 5) is 8.04. The van der Waals surface area contributed by atoms with Gasteiger partial charge in [-0.1, -0.05) is 30.3 Å². The van der Waals surface area contributed by atoms with Gasteiger partial charge in [-0.2, -0.15) is 13.2 Å². The van der Waals surface area contributed by atoms with Crippen LogP contribution in [-0.2, 0) is 6.18 Å². The van der Waals surface area contributed by atoms with Crippen LogP contribution in [0, 0.1) is 0 Å². The summed E-state index contributed by atoms with van der Waals surface area (Å²) in [5.74, 6) is 1.14. The number of anilines is 2. The van der Waals surface area contributed by atoms with Crippen molar-refractivity contribution in [1.29, 1.82) is 0 Å². The van der Waals surface area contributed by atoms with Crippen LogP contribution in [0.3, 0.4) is 0 Å². The lowest BCUT2D eigenvalue weighted by molar-refractivity contribution is -0.141. The lowest BCUT2D eigenvalue weighted by Gasteiger charge is -2.23. The van der Waals surface area contributed by atoms with Gasteiger partial charge in [-0.05, 0) is 61.7 Å². The van der Waals surface area contributed by atoms with E-state index >= 15 is 0 Å². The fraction of sp³-hybridized carbons (Fsp3) is 0.273. The maximum absolute atomic E-state index is 12.6. The van der Waals surface area contributed by atoms with Crippen molar-refractivity contribution < 1.29 is 13.2 Å². The summed E-state index contributed by atoms with van der Waals surface area (Å²) in [6.07, 6.45) is -0.988. The molecule has 1 aliphatic heterocycles. The number of halogens is 3. The molecular formula is C22H21F3N4. The molecule has 0 amide bonds. The van der Waals surface area contributed by atoms with E-state index in [0.717, 1.165) is 49.5 Å². The van der Waals surface area contributed by atoms with E-state index in [4.69, 9.17) is 0 Å². The van der Waals surface area contributed by atoms with Crippen molar-refractivity contribution in [3.63, 3.8) is 0 Å². The van der Waals surface area contributed by atoms with E-state index in [-0.39, 0.29) is 0 Å². The second-order valence-electron chi connectivity index (χ2n) is 7.11. The molecule has 29 heavy (non-hydrogen) atoms. The maximum Gasteiger partial charge on any atom is 0.433 e. The fourth-order valence-corrected chi connectivity index (χ4v) is 3.53. The Hall–Kier alpha value is -2.93. The number of nitrogens with one attached hydrogen (secondary N) is 2. The van der Waals surface area contributed by atoms with E-state index < -0.39 is 11.9 Å². The standard InChI is InChI=1S/C22H21F3N4/c23-22(24,25)20-9-8-18(14-27-20)28-21-3-1-2-19(29-21)17-6-4-15(5-7-17)16-10-12-26-13-11-16/h1-9,14,16,26H,10-13H2,(H,28,29). The smallest absolute Gasteiger partial charge is 0.339 e. The molecule has 0 aliphatic carbocycles. The van der Waals surface area contributed by atoms with Crippen molar-refractivity contribution in [2.75, 3.05) is 18.4 Å².